The Morgan fingerprint density at radius 2 is 2.05 bits per heavy atom. The van der Waals surface area contributed by atoms with Gasteiger partial charge < -0.3 is 18.9 Å². The summed E-state index contributed by atoms with van der Waals surface area (Å²) in [6.07, 6.45) is 0.498. The zero-order valence-electron chi connectivity index (χ0n) is 14.3. The van der Waals surface area contributed by atoms with Gasteiger partial charge in [0.15, 0.2) is 5.82 Å². The number of carbonyl (C=O) groups is 1. The Balaban J connectivity index is 1.90. The summed E-state index contributed by atoms with van der Waals surface area (Å²) >= 11 is 0. The van der Waals surface area contributed by atoms with Crippen LogP contribution in [0.3, 0.4) is 0 Å². The van der Waals surface area contributed by atoms with E-state index in [1.807, 2.05) is 46.2 Å². The quantitative estimate of drug-likeness (QED) is 0.854. The highest BCUT2D eigenvalue weighted by molar-refractivity contribution is 5.68. The van der Waals surface area contributed by atoms with Gasteiger partial charge in [0, 0.05) is 13.6 Å². The zero-order chi connectivity index (χ0) is 16.5. The molecule has 7 heteroatoms. The minimum Gasteiger partial charge on any atom is -0.444 e. The molecule has 0 aromatic carbocycles. The summed E-state index contributed by atoms with van der Waals surface area (Å²) in [4.78, 5) is 13.8. The number of rotatable bonds is 3. The smallest absolute Gasteiger partial charge is 0.410 e. The van der Waals surface area contributed by atoms with Crippen LogP contribution in [0.1, 0.15) is 45.8 Å². The molecule has 0 radical (unpaired) electrons. The Kier molecular flexibility index (Phi) is 4.47. The number of likely N-dealkylation sites (tertiary alicyclic amines) is 1. The summed E-state index contributed by atoms with van der Waals surface area (Å²) in [5.41, 5.74) is -0.857. The predicted octanol–water partition coefficient (Wildman–Crippen LogP) is 2.04. The average Bonchev–Trinajstić information content (AvgIpc) is 2.92. The normalized spacial score (nSPS) is 22.2. The summed E-state index contributed by atoms with van der Waals surface area (Å²) in [6, 6.07) is 0. The van der Waals surface area contributed by atoms with Crippen molar-refractivity contribution in [3.05, 3.63) is 11.6 Å². The van der Waals surface area contributed by atoms with E-state index >= 15 is 0 Å². The van der Waals surface area contributed by atoms with E-state index in [0.29, 0.717) is 19.7 Å². The standard InChI is InChI=1S/C15H26N4O3/c1-11-16-17-12(18(11)6)9-21-15(5)7-8-19(10-15)13(20)22-14(2,3)4/h7-10H2,1-6H3. The monoisotopic (exact) mass is 310 g/mol. The third-order valence-corrected chi connectivity index (χ3v) is 3.82. The van der Waals surface area contributed by atoms with Crippen molar-refractivity contribution in [2.45, 2.75) is 58.8 Å². The molecule has 1 aliphatic rings. The number of ether oxygens (including phenoxy) is 2. The molecule has 1 aliphatic heterocycles. The molecule has 1 fully saturated rings. The molecule has 0 aliphatic carbocycles. The van der Waals surface area contributed by atoms with E-state index in [1.54, 1.807) is 4.90 Å². The lowest BCUT2D eigenvalue weighted by Gasteiger charge is -2.27. The maximum Gasteiger partial charge on any atom is 0.410 e. The number of hydrogen-bond donors (Lipinski definition) is 0. The summed E-state index contributed by atoms with van der Waals surface area (Å²) in [6.45, 7) is 11.1. The lowest BCUT2D eigenvalue weighted by molar-refractivity contribution is -0.0408. The number of aromatic nitrogens is 3. The maximum absolute atomic E-state index is 12.1. The summed E-state index contributed by atoms with van der Waals surface area (Å²) < 4.78 is 13.3. The second-order valence-electron chi connectivity index (χ2n) is 7.11. The Hall–Kier alpha value is -1.63. The fourth-order valence-corrected chi connectivity index (χ4v) is 2.35. The van der Waals surface area contributed by atoms with E-state index in [4.69, 9.17) is 9.47 Å². The fraction of sp³-hybridized carbons (Fsp3) is 0.800. The van der Waals surface area contributed by atoms with Crippen molar-refractivity contribution in [2.75, 3.05) is 13.1 Å². The lowest BCUT2D eigenvalue weighted by Crippen LogP contribution is -2.39. The number of carbonyl (C=O) groups excluding carboxylic acids is 1. The summed E-state index contributed by atoms with van der Waals surface area (Å²) in [5.74, 6) is 1.64. The van der Waals surface area contributed by atoms with Crippen molar-refractivity contribution in [3.63, 3.8) is 0 Å². The van der Waals surface area contributed by atoms with E-state index in [1.165, 1.54) is 0 Å². The molecule has 1 amide bonds. The maximum atomic E-state index is 12.1. The van der Waals surface area contributed by atoms with Crippen LogP contribution in [0.5, 0.6) is 0 Å². The first-order valence-corrected chi connectivity index (χ1v) is 7.56. The number of aryl methyl sites for hydroxylation is 1. The highest BCUT2D eigenvalue weighted by Crippen LogP contribution is 2.27. The largest absolute Gasteiger partial charge is 0.444 e. The van der Waals surface area contributed by atoms with Crippen molar-refractivity contribution in [1.29, 1.82) is 0 Å². The van der Waals surface area contributed by atoms with Crippen LogP contribution in [0.2, 0.25) is 0 Å². The van der Waals surface area contributed by atoms with Crippen LogP contribution < -0.4 is 0 Å². The molecule has 7 nitrogen and oxygen atoms in total. The van der Waals surface area contributed by atoms with E-state index in [9.17, 15) is 4.79 Å². The van der Waals surface area contributed by atoms with Gasteiger partial charge in [-0.15, -0.1) is 10.2 Å². The van der Waals surface area contributed by atoms with Crippen LogP contribution in [0.25, 0.3) is 0 Å². The second-order valence-corrected chi connectivity index (χ2v) is 7.11. The van der Waals surface area contributed by atoms with Crippen LogP contribution in [0.4, 0.5) is 4.79 Å². The van der Waals surface area contributed by atoms with Crippen LogP contribution in [-0.2, 0) is 23.1 Å². The van der Waals surface area contributed by atoms with Gasteiger partial charge in [-0.3, -0.25) is 0 Å². The average molecular weight is 310 g/mol. The molecule has 22 heavy (non-hydrogen) atoms. The minimum atomic E-state index is -0.479. The van der Waals surface area contributed by atoms with Crippen molar-refractivity contribution < 1.29 is 14.3 Å². The molecular formula is C15H26N4O3. The van der Waals surface area contributed by atoms with Crippen molar-refractivity contribution in [2.24, 2.45) is 7.05 Å². The number of amides is 1. The SMILES string of the molecule is Cc1nnc(COC2(C)CCN(C(=O)OC(C)(C)C)C2)n1C. The van der Waals surface area contributed by atoms with E-state index in [0.717, 1.165) is 18.1 Å². The Morgan fingerprint density at radius 3 is 2.59 bits per heavy atom. The number of hydrogen-bond acceptors (Lipinski definition) is 5. The summed E-state index contributed by atoms with van der Waals surface area (Å²) in [5, 5.41) is 8.11. The fourth-order valence-electron chi connectivity index (χ4n) is 2.35. The van der Waals surface area contributed by atoms with Crippen molar-refractivity contribution in [3.8, 4) is 0 Å². The van der Waals surface area contributed by atoms with Crippen LogP contribution >= 0.6 is 0 Å². The van der Waals surface area contributed by atoms with Gasteiger partial charge in [0.1, 0.15) is 18.0 Å². The molecule has 1 aromatic heterocycles. The third kappa shape index (κ3) is 3.97. The van der Waals surface area contributed by atoms with Gasteiger partial charge in [-0.25, -0.2) is 4.79 Å². The van der Waals surface area contributed by atoms with Gasteiger partial charge in [0.2, 0.25) is 0 Å². The van der Waals surface area contributed by atoms with Gasteiger partial charge in [0.25, 0.3) is 0 Å². The van der Waals surface area contributed by atoms with Crippen LogP contribution in [0.15, 0.2) is 0 Å². The van der Waals surface area contributed by atoms with E-state index < -0.39 is 5.60 Å². The van der Waals surface area contributed by atoms with Gasteiger partial charge in [0.05, 0.1) is 12.1 Å². The Labute approximate surface area is 131 Å². The minimum absolute atomic E-state index is 0.283. The molecule has 1 aromatic rings. The number of nitrogens with zero attached hydrogens (tertiary/aromatic N) is 4. The topological polar surface area (TPSA) is 69.5 Å². The van der Waals surface area contributed by atoms with Gasteiger partial charge in [-0.1, -0.05) is 0 Å². The first kappa shape index (κ1) is 16.7. The van der Waals surface area contributed by atoms with Crippen molar-refractivity contribution >= 4 is 6.09 Å². The van der Waals surface area contributed by atoms with Gasteiger partial charge >= 0.3 is 6.09 Å². The summed E-state index contributed by atoms with van der Waals surface area (Å²) in [7, 11) is 1.91. The molecular weight excluding hydrogens is 284 g/mol. The Morgan fingerprint density at radius 1 is 1.36 bits per heavy atom. The molecule has 0 N–H and O–H groups in total. The van der Waals surface area contributed by atoms with Gasteiger partial charge in [-0.2, -0.15) is 0 Å². The molecule has 0 saturated carbocycles. The first-order chi connectivity index (χ1) is 10.1. The molecule has 1 unspecified atom stereocenters. The zero-order valence-corrected chi connectivity index (χ0v) is 14.3. The lowest BCUT2D eigenvalue weighted by atomic mass is 10.1. The molecule has 124 valence electrons. The molecule has 1 saturated heterocycles. The molecule has 0 spiro atoms. The van der Waals surface area contributed by atoms with Crippen molar-refractivity contribution in [1.82, 2.24) is 19.7 Å². The van der Waals surface area contributed by atoms with E-state index in [2.05, 4.69) is 10.2 Å². The van der Waals surface area contributed by atoms with E-state index in [-0.39, 0.29) is 11.7 Å². The molecule has 0 bridgehead atoms. The third-order valence-electron chi connectivity index (χ3n) is 3.82. The Bertz CT molecular complexity index is 549. The molecule has 2 heterocycles. The molecule has 1 atom stereocenters. The van der Waals surface area contributed by atoms with Crippen LogP contribution in [-0.4, -0.2) is 50.0 Å². The highest BCUT2D eigenvalue weighted by atomic mass is 16.6. The molecule has 2 rings (SSSR count). The van der Waals surface area contributed by atoms with Gasteiger partial charge in [-0.05, 0) is 41.0 Å². The second kappa shape index (κ2) is 5.87. The highest BCUT2D eigenvalue weighted by Gasteiger charge is 2.38. The predicted molar refractivity (Wildman–Crippen MR) is 81.4 cm³/mol. The van der Waals surface area contributed by atoms with Crippen LogP contribution in [0, 0.1) is 6.92 Å². The first-order valence-electron chi connectivity index (χ1n) is 7.56.